The Morgan fingerprint density at radius 3 is 2.45 bits per heavy atom. The Balaban J connectivity index is 1.88. The molecule has 2 aromatic carbocycles. The van der Waals surface area contributed by atoms with Crippen molar-refractivity contribution >= 4 is 28.6 Å². The third-order valence-electron chi connectivity index (χ3n) is 2.53. The topological polar surface area (TPSA) is 55.8 Å². The molecule has 0 spiro atoms. The highest BCUT2D eigenvalue weighted by Crippen LogP contribution is 2.22. The third kappa shape index (κ3) is 4.12. The fourth-order valence-electron chi connectivity index (χ4n) is 1.57. The third-order valence-corrected chi connectivity index (χ3v) is 3.42. The highest BCUT2D eigenvalue weighted by atomic mass is 127. The van der Waals surface area contributed by atoms with E-state index in [1.807, 2.05) is 30.3 Å². The maximum Gasteiger partial charge on any atom is 0.335 e. The summed E-state index contributed by atoms with van der Waals surface area (Å²) in [5.41, 5.74) is 0.212. The average Bonchev–Trinajstić information content (AvgIpc) is 2.46. The molecule has 2 aromatic rings. The summed E-state index contributed by atoms with van der Waals surface area (Å²) in [4.78, 5) is 10.9. The summed E-state index contributed by atoms with van der Waals surface area (Å²) in [6.45, 7) is 0.755. The molecule has 0 fully saturated rings. The first kappa shape index (κ1) is 14.6. The molecule has 0 aliphatic heterocycles. The molecule has 5 heteroatoms. The number of carbonyl (C=O) groups is 1. The molecule has 0 bridgehead atoms. The lowest BCUT2D eigenvalue weighted by Crippen LogP contribution is -2.10. The molecule has 0 atom stereocenters. The zero-order valence-corrected chi connectivity index (χ0v) is 12.7. The number of ether oxygens (including phenoxy) is 2. The Bertz CT molecular complexity index is 584. The average molecular weight is 384 g/mol. The molecule has 0 heterocycles. The standard InChI is InChI=1S/C15H13IO4/c16-13-7-6-11(15(17)18)10-14(13)20-9-8-19-12-4-2-1-3-5-12/h1-7,10H,8-9H2,(H,17,18). The minimum atomic E-state index is -0.966. The Morgan fingerprint density at radius 1 is 1.05 bits per heavy atom. The van der Waals surface area contributed by atoms with Gasteiger partial charge in [0.05, 0.1) is 9.13 Å². The molecule has 0 saturated carbocycles. The van der Waals surface area contributed by atoms with E-state index in [4.69, 9.17) is 14.6 Å². The van der Waals surface area contributed by atoms with E-state index in [-0.39, 0.29) is 5.56 Å². The van der Waals surface area contributed by atoms with Crippen LogP contribution in [0.25, 0.3) is 0 Å². The highest BCUT2D eigenvalue weighted by Gasteiger charge is 2.07. The highest BCUT2D eigenvalue weighted by molar-refractivity contribution is 14.1. The van der Waals surface area contributed by atoms with E-state index in [2.05, 4.69) is 22.6 Å². The zero-order chi connectivity index (χ0) is 14.4. The molecule has 104 valence electrons. The number of halogens is 1. The van der Waals surface area contributed by atoms with Gasteiger partial charge in [-0.25, -0.2) is 4.79 Å². The van der Waals surface area contributed by atoms with Crippen molar-refractivity contribution in [3.05, 3.63) is 57.7 Å². The second-order valence-electron chi connectivity index (χ2n) is 3.96. The molecule has 0 radical (unpaired) electrons. The normalized spacial score (nSPS) is 10.1. The monoisotopic (exact) mass is 384 g/mol. The fourth-order valence-corrected chi connectivity index (χ4v) is 2.07. The van der Waals surface area contributed by atoms with Crippen LogP contribution < -0.4 is 9.47 Å². The van der Waals surface area contributed by atoms with Crippen molar-refractivity contribution in [1.29, 1.82) is 0 Å². The van der Waals surface area contributed by atoms with Crippen LogP contribution in [0.3, 0.4) is 0 Å². The number of para-hydroxylation sites is 1. The summed E-state index contributed by atoms with van der Waals surface area (Å²) in [6, 6.07) is 14.2. The lowest BCUT2D eigenvalue weighted by atomic mass is 10.2. The van der Waals surface area contributed by atoms with Gasteiger partial charge in [0.25, 0.3) is 0 Å². The van der Waals surface area contributed by atoms with E-state index >= 15 is 0 Å². The number of carboxylic acid groups (broad SMARTS) is 1. The molecule has 0 amide bonds. The fraction of sp³-hybridized carbons (Fsp3) is 0.133. The van der Waals surface area contributed by atoms with Gasteiger partial charge in [-0.15, -0.1) is 0 Å². The van der Waals surface area contributed by atoms with E-state index in [1.54, 1.807) is 12.1 Å². The van der Waals surface area contributed by atoms with Crippen molar-refractivity contribution in [2.45, 2.75) is 0 Å². The van der Waals surface area contributed by atoms with E-state index in [1.165, 1.54) is 6.07 Å². The van der Waals surface area contributed by atoms with Gasteiger partial charge in [-0.1, -0.05) is 18.2 Å². The molecule has 0 saturated heterocycles. The van der Waals surface area contributed by atoms with Gasteiger partial charge in [-0.3, -0.25) is 0 Å². The molecule has 0 unspecified atom stereocenters. The second-order valence-corrected chi connectivity index (χ2v) is 5.12. The molecule has 2 rings (SSSR count). The van der Waals surface area contributed by atoms with Crippen molar-refractivity contribution in [2.24, 2.45) is 0 Å². The predicted molar refractivity (Wildman–Crippen MR) is 83.6 cm³/mol. The van der Waals surface area contributed by atoms with Crippen molar-refractivity contribution in [2.75, 3.05) is 13.2 Å². The Hall–Kier alpha value is -1.76. The molecular formula is C15H13IO4. The van der Waals surface area contributed by atoms with E-state index in [9.17, 15) is 4.79 Å². The Morgan fingerprint density at radius 2 is 1.75 bits per heavy atom. The lowest BCUT2D eigenvalue weighted by Gasteiger charge is -2.10. The van der Waals surface area contributed by atoms with Gasteiger partial charge >= 0.3 is 5.97 Å². The van der Waals surface area contributed by atoms with Gasteiger partial charge in [0.15, 0.2) is 0 Å². The van der Waals surface area contributed by atoms with Gasteiger partial charge in [0.2, 0.25) is 0 Å². The number of hydrogen-bond acceptors (Lipinski definition) is 3. The van der Waals surface area contributed by atoms with Crippen LogP contribution in [0, 0.1) is 3.57 Å². The van der Waals surface area contributed by atoms with Crippen LogP contribution in [0.15, 0.2) is 48.5 Å². The number of aromatic carboxylic acids is 1. The molecule has 4 nitrogen and oxygen atoms in total. The van der Waals surface area contributed by atoms with Crippen LogP contribution in [-0.2, 0) is 0 Å². The number of benzene rings is 2. The number of rotatable bonds is 6. The number of hydrogen-bond donors (Lipinski definition) is 1. The van der Waals surface area contributed by atoms with Gasteiger partial charge in [0.1, 0.15) is 24.7 Å². The number of carboxylic acids is 1. The quantitative estimate of drug-likeness (QED) is 0.613. The smallest absolute Gasteiger partial charge is 0.335 e. The first-order valence-electron chi connectivity index (χ1n) is 6.00. The molecule has 0 aromatic heterocycles. The maximum atomic E-state index is 10.9. The Kier molecular flexibility index (Phi) is 5.23. The van der Waals surface area contributed by atoms with E-state index in [0.717, 1.165) is 9.32 Å². The summed E-state index contributed by atoms with van der Waals surface area (Å²) >= 11 is 2.11. The molecule has 0 aliphatic carbocycles. The van der Waals surface area contributed by atoms with Crippen LogP contribution in [-0.4, -0.2) is 24.3 Å². The second kappa shape index (κ2) is 7.14. The van der Waals surface area contributed by atoms with Crippen LogP contribution in [0.1, 0.15) is 10.4 Å². The van der Waals surface area contributed by atoms with Crippen molar-refractivity contribution in [3.63, 3.8) is 0 Å². The van der Waals surface area contributed by atoms with E-state index < -0.39 is 5.97 Å². The van der Waals surface area contributed by atoms with Crippen molar-refractivity contribution in [1.82, 2.24) is 0 Å². The summed E-state index contributed by atoms with van der Waals surface area (Å²) in [5, 5.41) is 8.94. The first-order chi connectivity index (χ1) is 9.66. The van der Waals surface area contributed by atoms with Crippen LogP contribution >= 0.6 is 22.6 Å². The minimum absolute atomic E-state index is 0.212. The van der Waals surface area contributed by atoms with Crippen LogP contribution in [0.5, 0.6) is 11.5 Å². The lowest BCUT2D eigenvalue weighted by molar-refractivity contribution is 0.0696. The van der Waals surface area contributed by atoms with Gasteiger partial charge in [0, 0.05) is 0 Å². The van der Waals surface area contributed by atoms with Crippen molar-refractivity contribution in [3.8, 4) is 11.5 Å². The summed E-state index contributed by atoms with van der Waals surface area (Å²) in [6.07, 6.45) is 0. The summed E-state index contributed by atoms with van der Waals surface area (Å²) in [5.74, 6) is 0.374. The van der Waals surface area contributed by atoms with Crippen molar-refractivity contribution < 1.29 is 19.4 Å². The summed E-state index contributed by atoms with van der Waals surface area (Å²) in [7, 11) is 0. The van der Waals surface area contributed by atoms with Gasteiger partial charge in [-0.2, -0.15) is 0 Å². The van der Waals surface area contributed by atoms with Gasteiger partial charge < -0.3 is 14.6 Å². The Labute approximate surface area is 130 Å². The molecular weight excluding hydrogens is 371 g/mol. The SMILES string of the molecule is O=C(O)c1ccc(I)c(OCCOc2ccccc2)c1. The predicted octanol–water partition coefficient (Wildman–Crippen LogP) is 3.45. The first-order valence-corrected chi connectivity index (χ1v) is 7.08. The maximum absolute atomic E-state index is 10.9. The van der Waals surface area contributed by atoms with Crippen LogP contribution in [0.4, 0.5) is 0 Å². The molecule has 1 N–H and O–H groups in total. The van der Waals surface area contributed by atoms with E-state index in [0.29, 0.717) is 19.0 Å². The molecule has 0 aliphatic rings. The molecule has 20 heavy (non-hydrogen) atoms. The van der Waals surface area contributed by atoms with Gasteiger partial charge in [-0.05, 0) is 52.9 Å². The largest absolute Gasteiger partial charge is 0.490 e. The van der Waals surface area contributed by atoms with Crippen LogP contribution in [0.2, 0.25) is 0 Å². The minimum Gasteiger partial charge on any atom is -0.490 e. The summed E-state index contributed by atoms with van der Waals surface area (Å²) < 4.78 is 11.9. The zero-order valence-electron chi connectivity index (χ0n) is 10.6.